The molecule has 1 heterocycles. The number of aromatic nitrogens is 1. The Hall–Kier alpha value is -1.38. The highest BCUT2D eigenvalue weighted by Gasteiger charge is 2.29. The monoisotopic (exact) mass is 176 g/mol. The van der Waals surface area contributed by atoms with Gasteiger partial charge in [0.2, 0.25) is 5.91 Å². The minimum absolute atomic E-state index is 0.172. The van der Waals surface area contributed by atoms with Crippen LogP contribution < -0.4 is 5.32 Å². The summed E-state index contributed by atoms with van der Waals surface area (Å²) in [5.41, 5.74) is 0.913. The molecule has 1 amide bonds. The molecule has 1 aliphatic carbocycles. The molecule has 0 aromatic carbocycles. The van der Waals surface area contributed by atoms with Crippen molar-refractivity contribution in [2.75, 3.05) is 0 Å². The zero-order valence-corrected chi connectivity index (χ0v) is 7.36. The summed E-state index contributed by atoms with van der Waals surface area (Å²) in [6, 6.07) is 5.70. The minimum atomic E-state index is 0.172. The first-order valence-electron chi connectivity index (χ1n) is 4.54. The summed E-state index contributed by atoms with van der Waals surface area (Å²) in [4.78, 5) is 15.4. The van der Waals surface area contributed by atoms with Crippen LogP contribution in [0.3, 0.4) is 0 Å². The van der Waals surface area contributed by atoms with E-state index in [0.29, 0.717) is 6.54 Å². The van der Waals surface area contributed by atoms with Gasteiger partial charge in [-0.1, -0.05) is 6.07 Å². The molecule has 1 saturated carbocycles. The molecular weight excluding hydrogens is 164 g/mol. The molecule has 1 fully saturated rings. The van der Waals surface area contributed by atoms with E-state index >= 15 is 0 Å². The summed E-state index contributed by atoms with van der Waals surface area (Å²) in [6.07, 6.45) is 3.83. The van der Waals surface area contributed by atoms with Crippen molar-refractivity contribution in [2.45, 2.75) is 19.4 Å². The molecule has 0 radical (unpaired) electrons. The van der Waals surface area contributed by atoms with Gasteiger partial charge >= 0.3 is 0 Å². The van der Waals surface area contributed by atoms with E-state index in [9.17, 15) is 4.79 Å². The molecule has 1 N–H and O–H groups in total. The highest BCUT2D eigenvalue weighted by atomic mass is 16.2. The van der Waals surface area contributed by atoms with Gasteiger partial charge in [-0.2, -0.15) is 0 Å². The molecule has 1 aliphatic rings. The van der Waals surface area contributed by atoms with Gasteiger partial charge in [-0.25, -0.2) is 0 Å². The number of nitrogens with zero attached hydrogens (tertiary/aromatic N) is 1. The van der Waals surface area contributed by atoms with Crippen LogP contribution in [-0.2, 0) is 11.3 Å². The van der Waals surface area contributed by atoms with Gasteiger partial charge in [-0.05, 0) is 25.0 Å². The van der Waals surface area contributed by atoms with Crippen LogP contribution >= 0.6 is 0 Å². The van der Waals surface area contributed by atoms with E-state index in [1.165, 1.54) is 0 Å². The van der Waals surface area contributed by atoms with Gasteiger partial charge in [0.15, 0.2) is 0 Å². The number of hydrogen-bond acceptors (Lipinski definition) is 2. The summed E-state index contributed by atoms with van der Waals surface area (Å²) < 4.78 is 0. The van der Waals surface area contributed by atoms with Crippen LogP contribution in [0.1, 0.15) is 18.5 Å². The Kier molecular flexibility index (Phi) is 2.25. The SMILES string of the molecule is O=C(NCc1ccccn1)C1CC1. The molecule has 3 nitrogen and oxygen atoms in total. The Morgan fingerprint density at radius 1 is 1.54 bits per heavy atom. The Bertz CT molecular complexity index is 293. The lowest BCUT2D eigenvalue weighted by Gasteiger charge is -2.02. The normalized spacial score (nSPS) is 15.4. The van der Waals surface area contributed by atoms with Crippen molar-refractivity contribution in [1.82, 2.24) is 10.3 Å². The van der Waals surface area contributed by atoms with Crippen molar-refractivity contribution in [3.05, 3.63) is 30.1 Å². The number of amides is 1. The number of rotatable bonds is 3. The fraction of sp³-hybridized carbons (Fsp3) is 0.400. The van der Waals surface area contributed by atoms with Crippen LogP contribution in [0, 0.1) is 5.92 Å². The number of nitrogens with one attached hydrogen (secondary N) is 1. The van der Waals surface area contributed by atoms with E-state index in [1.54, 1.807) is 6.20 Å². The summed E-state index contributed by atoms with van der Waals surface area (Å²) in [5.74, 6) is 0.453. The zero-order valence-electron chi connectivity index (χ0n) is 7.36. The van der Waals surface area contributed by atoms with E-state index in [4.69, 9.17) is 0 Å². The maximum atomic E-state index is 11.2. The maximum Gasteiger partial charge on any atom is 0.223 e. The molecule has 0 atom stereocenters. The molecule has 13 heavy (non-hydrogen) atoms. The molecule has 2 rings (SSSR count). The fourth-order valence-corrected chi connectivity index (χ4v) is 1.17. The molecule has 0 bridgehead atoms. The average Bonchev–Trinajstić information content (AvgIpc) is 2.99. The summed E-state index contributed by atoms with van der Waals surface area (Å²) >= 11 is 0. The van der Waals surface area contributed by atoms with E-state index in [-0.39, 0.29) is 11.8 Å². The second-order valence-corrected chi connectivity index (χ2v) is 3.31. The van der Waals surface area contributed by atoms with Crippen LogP contribution in [0.2, 0.25) is 0 Å². The third kappa shape index (κ3) is 2.28. The zero-order chi connectivity index (χ0) is 9.10. The Morgan fingerprint density at radius 2 is 2.38 bits per heavy atom. The van der Waals surface area contributed by atoms with E-state index < -0.39 is 0 Å². The number of hydrogen-bond donors (Lipinski definition) is 1. The largest absolute Gasteiger partial charge is 0.350 e. The second-order valence-electron chi connectivity index (χ2n) is 3.31. The number of carbonyl (C=O) groups excluding carboxylic acids is 1. The molecule has 0 saturated heterocycles. The first-order valence-corrected chi connectivity index (χ1v) is 4.54. The topological polar surface area (TPSA) is 42.0 Å². The maximum absolute atomic E-state index is 11.2. The van der Waals surface area contributed by atoms with Crippen LogP contribution in [0.15, 0.2) is 24.4 Å². The van der Waals surface area contributed by atoms with Crippen molar-refractivity contribution < 1.29 is 4.79 Å². The molecule has 0 spiro atoms. The quantitative estimate of drug-likeness (QED) is 0.749. The van der Waals surface area contributed by atoms with Crippen LogP contribution in [0.25, 0.3) is 0 Å². The second kappa shape index (κ2) is 3.56. The fourth-order valence-electron chi connectivity index (χ4n) is 1.17. The lowest BCUT2D eigenvalue weighted by molar-refractivity contribution is -0.122. The summed E-state index contributed by atoms with van der Waals surface area (Å²) in [5, 5.41) is 2.86. The number of carbonyl (C=O) groups is 1. The first-order chi connectivity index (χ1) is 6.36. The van der Waals surface area contributed by atoms with Crippen LogP contribution in [0.4, 0.5) is 0 Å². The smallest absolute Gasteiger partial charge is 0.223 e. The van der Waals surface area contributed by atoms with Crippen molar-refractivity contribution in [2.24, 2.45) is 5.92 Å². The molecular formula is C10H12N2O. The lowest BCUT2D eigenvalue weighted by atomic mass is 10.3. The highest BCUT2D eigenvalue weighted by Crippen LogP contribution is 2.28. The van der Waals surface area contributed by atoms with Crippen LogP contribution in [-0.4, -0.2) is 10.9 Å². The summed E-state index contributed by atoms with van der Waals surface area (Å²) in [7, 11) is 0. The van der Waals surface area contributed by atoms with Crippen LogP contribution in [0.5, 0.6) is 0 Å². The predicted molar refractivity (Wildman–Crippen MR) is 48.8 cm³/mol. The van der Waals surface area contributed by atoms with Gasteiger partial charge < -0.3 is 5.32 Å². The average molecular weight is 176 g/mol. The van der Waals surface area contributed by atoms with Gasteiger partial charge in [0, 0.05) is 12.1 Å². The Balaban J connectivity index is 1.82. The van der Waals surface area contributed by atoms with Gasteiger partial charge in [-0.15, -0.1) is 0 Å². The first kappa shape index (κ1) is 8.23. The van der Waals surface area contributed by atoms with Crippen molar-refractivity contribution in [3.8, 4) is 0 Å². The standard InChI is InChI=1S/C10H12N2O/c13-10(8-4-5-8)12-7-9-3-1-2-6-11-9/h1-3,6,8H,4-5,7H2,(H,12,13). The molecule has 1 aromatic heterocycles. The number of pyridine rings is 1. The van der Waals surface area contributed by atoms with Crippen molar-refractivity contribution >= 4 is 5.91 Å². The molecule has 0 aliphatic heterocycles. The van der Waals surface area contributed by atoms with E-state index in [0.717, 1.165) is 18.5 Å². The third-order valence-electron chi connectivity index (χ3n) is 2.12. The van der Waals surface area contributed by atoms with Crippen molar-refractivity contribution in [1.29, 1.82) is 0 Å². The minimum Gasteiger partial charge on any atom is -0.350 e. The van der Waals surface area contributed by atoms with E-state index in [2.05, 4.69) is 10.3 Å². The van der Waals surface area contributed by atoms with E-state index in [1.807, 2.05) is 18.2 Å². The Labute approximate surface area is 77.2 Å². The summed E-state index contributed by atoms with van der Waals surface area (Å²) in [6.45, 7) is 0.552. The van der Waals surface area contributed by atoms with Gasteiger partial charge in [0.1, 0.15) is 0 Å². The van der Waals surface area contributed by atoms with Gasteiger partial charge in [0.25, 0.3) is 0 Å². The lowest BCUT2D eigenvalue weighted by Crippen LogP contribution is -2.24. The van der Waals surface area contributed by atoms with Gasteiger partial charge in [0.05, 0.1) is 12.2 Å². The molecule has 3 heteroatoms. The molecule has 68 valence electrons. The Morgan fingerprint density at radius 3 is 3.00 bits per heavy atom. The molecule has 0 unspecified atom stereocenters. The molecule has 1 aromatic rings. The van der Waals surface area contributed by atoms with Crippen molar-refractivity contribution in [3.63, 3.8) is 0 Å². The highest BCUT2D eigenvalue weighted by molar-refractivity contribution is 5.80. The third-order valence-corrected chi connectivity index (χ3v) is 2.12. The van der Waals surface area contributed by atoms with Gasteiger partial charge in [-0.3, -0.25) is 9.78 Å². The predicted octanol–water partition coefficient (Wildman–Crippen LogP) is 1.11.